The number of amides is 3. The lowest BCUT2D eigenvalue weighted by molar-refractivity contribution is -0.141. The molecule has 224 valence electrons. The number of nitrogens with zero attached hydrogens (tertiary/aromatic N) is 5. The molecule has 0 unspecified atom stereocenters. The van der Waals surface area contributed by atoms with E-state index in [0.717, 1.165) is 0 Å². The number of nitrogens with two attached hydrogens (primary N) is 1. The topological polar surface area (TPSA) is 147 Å². The number of carbonyl (C=O) groups is 3. The molecule has 2 fully saturated rings. The van der Waals surface area contributed by atoms with Crippen LogP contribution in [0.25, 0.3) is 11.3 Å². The second kappa shape index (κ2) is 12.2. The van der Waals surface area contributed by atoms with E-state index < -0.39 is 29.9 Å². The van der Waals surface area contributed by atoms with Gasteiger partial charge in [-0.15, -0.1) is 0 Å². The number of imidazole rings is 1. The van der Waals surface area contributed by atoms with Crippen LogP contribution < -0.4 is 15.8 Å². The van der Waals surface area contributed by atoms with Crippen molar-refractivity contribution in [3.63, 3.8) is 0 Å². The van der Waals surface area contributed by atoms with E-state index in [1.807, 2.05) is 0 Å². The van der Waals surface area contributed by atoms with Gasteiger partial charge in [0.1, 0.15) is 6.07 Å². The van der Waals surface area contributed by atoms with Crippen LogP contribution in [0.5, 0.6) is 5.75 Å². The zero-order valence-corrected chi connectivity index (χ0v) is 23.8. The maximum Gasteiger partial charge on any atom is 0.291 e. The molecular formula is C30H31F2N7O4. The number of aryl methyl sites for hydroxylation is 1. The summed E-state index contributed by atoms with van der Waals surface area (Å²) in [5, 5.41) is 11.3. The Morgan fingerprint density at radius 3 is 2.49 bits per heavy atom. The fourth-order valence-corrected chi connectivity index (χ4v) is 5.44. The summed E-state index contributed by atoms with van der Waals surface area (Å²) in [6.07, 6.45) is 2.46. The summed E-state index contributed by atoms with van der Waals surface area (Å²) >= 11 is 0. The molecule has 2 aliphatic heterocycles. The summed E-state index contributed by atoms with van der Waals surface area (Å²) in [5.41, 5.74) is 7.40. The Labute approximate surface area is 246 Å². The van der Waals surface area contributed by atoms with E-state index in [1.165, 1.54) is 29.9 Å². The van der Waals surface area contributed by atoms with Crippen LogP contribution in [0, 0.1) is 35.8 Å². The van der Waals surface area contributed by atoms with Crippen molar-refractivity contribution in [2.24, 2.45) is 18.7 Å². The molecular weight excluding hydrogens is 560 g/mol. The lowest BCUT2D eigenvalue weighted by Crippen LogP contribution is -2.59. The smallest absolute Gasteiger partial charge is 0.291 e. The van der Waals surface area contributed by atoms with E-state index in [4.69, 9.17) is 15.7 Å². The molecule has 1 aromatic heterocycles. The molecule has 2 saturated heterocycles. The lowest BCUT2D eigenvalue weighted by Gasteiger charge is -2.41. The number of nitrogens with one attached hydrogen (secondary N) is 1. The largest absolute Gasteiger partial charge is 0.476 e. The standard InChI is InChI=1S/C30H31F2N7O4/c1-17-13-20(3-4-21(17)30(42)38-10-7-18(8-11-38)29(41)39-15-19(34)16-39)36-28(40)27-35-14-23(37(27)2)22-5-6-24(43-12-9-33)26(32)25(22)31/h3-6,13-14,18-19H,7-8,10-12,15-16,34H2,1-2H3,(H,36,40). The first kappa shape index (κ1) is 29.7. The highest BCUT2D eigenvalue weighted by Crippen LogP contribution is 2.30. The number of hydrogen-bond donors (Lipinski definition) is 2. The Morgan fingerprint density at radius 1 is 1.12 bits per heavy atom. The van der Waals surface area contributed by atoms with Crippen molar-refractivity contribution in [3.05, 3.63) is 65.1 Å². The summed E-state index contributed by atoms with van der Waals surface area (Å²) in [4.78, 5) is 46.5. The first-order chi connectivity index (χ1) is 20.6. The van der Waals surface area contributed by atoms with Gasteiger partial charge in [0.05, 0.1) is 11.9 Å². The number of hydrogen-bond acceptors (Lipinski definition) is 7. The van der Waals surface area contributed by atoms with Gasteiger partial charge in [-0.05, 0) is 55.7 Å². The molecule has 2 aromatic carbocycles. The minimum atomic E-state index is -1.25. The highest BCUT2D eigenvalue weighted by atomic mass is 19.2. The number of nitriles is 1. The van der Waals surface area contributed by atoms with Crippen LogP contribution in [0.2, 0.25) is 0 Å². The molecule has 3 N–H and O–H groups in total. The van der Waals surface area contributed by atoms with Crippen molar-refractivity contribution in [2.45, 2.75) is 25.8 Å². The third-order valence-electron chi connectivity index (χ3n) is 7.87. The van der Waals surface area contributed by atoms with Gasteiger partial charge < -0.3 is 30.2 Å². The van der Waals surface area contributed by atoms with Crippen molar-refractivity contribution >= 4 is 23.4 Å². The van der Waals surface area contributed by atoms with Crippen LogP contribution in [0.1, 0.15) is 39.4 Å². The monoisotopic (exact) mass is 591 g/mol. The summed E-state index contributed by atoms with van der Waals surface area (Å²) < 4.78 is 35.4. The Morgan fingerprint density at radius 2 is 1.84 bits per heavy atom. The van der Waals surface area contributed by atoms with Gasteiger partial charge in [0.15, 0.2) is 24.0 Å². The minimum Gasteiger partial charge on any atom is -0.476 e. The van der Waals surface area contributed by atoms with Crippen LogP contribution in [-0.4, -0.2) is 75.9 Å². The van der Waals surface area contributed by atoms with Crippen LogP contribution in [0.4, 0.5) is 14.5 Å². The molecule has 3 amide bonds. The average Bonchev–Trinajstić information content (AvgIpc) is 3.36. The van der Waals surface area contributed by atoms with Crippen molar-refractivity contribution in [1.82, 2.24) is 19.4 Å². The first-order valence-electron chi connectivity index (χ1n) is 13.8. The number of likely N-dealkylation sites (tertiary alicyclic amines) is 2. The number of ether oxygens (including phenoxy) is 1. The highest BCUT2D eigenvalue weighted by molar-refractivity contribution is 6.03. The Balaban J connectivity index is 1.22. The Hall–Kier alpha value is -4.83. The van der Waals surface area contributed by atoms with Gasteiger partial charge in [0.2, 0.25) is 11.7 Å². The van der Waals surface area contributed by atoms with Gasteiger partial charge in [0.25, 0.3) is 11.8 Å². The Kier molecular flexibility index (Phi) is 8.40. The van der Waals surface area contributed by atoms with E-state index in [1.54, 1.807) is 41.0 Å². The van der Waals surface area contributed by atoms with Crippen molar-refractivity contribution < 1.29 is 27.9 Å². The number of aromatic nitrogens is 2. The first-order valence-corrected chi connectivity index (χ1v) is 13.8. The van der Waals surface area contributed by atoms with Crippen molar-refractivity contribution in [2.75, 3.05) is 38.1 Å². The lowest BCUT2D eigenvalue weighted by atomic mass is 9.93. The number of anilines is 1. The highest BCUT2D eigenvalue weighted by Gasteiger charge is 2.35. The van der Waals surface area contributed by atoms with Crippen molar-refractivity contribution in [1.29, 1.82) is 5.26 Å². The van der Waals surface area contributed by atoms with E-state index in [0.29, 0.717) is 55.8 Å². The third-order valence-corrected chi connectivity index (χ3v) is 7.87. The van der Waals surface area contributed by atoms with E-state index >= 15 is 0 Å². The molecule has 0 bridgehead atoms. The predicted octanol–water partition coefficient (Wildman–Crippen LogP) is 2.85. The quantitative estimate of drug-likeness (QED) is 0.430. The molecule has 13 heteroatoms. The molecule has 2 aliphatic rings. The number of rotatable bonds is 7. The number of benzene rings is 2. The van der Waals surface area contributed by atoms with Crippen LogP contribution in [0.3, 0.4) is 0 Å². The van der Waals surface area contributed by atoms with Gasteiger partial charge in [-0.3, -0.25) is 14.4 Å². The zero-order chi connectivity index (χ0) is 30.8. The average molecular weight is 592 g/mol. The van der Waals surface area contributed by atoms with Crippen LogP contribution in [0.15, 0.2) is 36.5 Å². The summed E-state index contributed by atoms with van der Waals surface area (Å²) in [7, 11) is 1.50. The second-order valence-electron chi connectivity index (χ2n) is 10.8. The van der Waals surface area contributed by atoms with Crippen molar-refractivity contribution in [3.8, 4) is 23.1 Å². The molecule has 0 saturated carbocycles. The molecule has 3 aromatic rings. The molecule has 0 radical (unpaired) electrons. The Bertz CT molecular complexity index is 1620. The second-order valence-corrected chi connectivity index (χ2v) is 10.8. The zero-order valence-electron chi connectivity index (χ0n) is 23.8. The predicted molar refractivity (Wildman–Crippen MR) is 152 cm³/mol. The molecule has 11 nitrogen and oxygen atoms in total. The van der Waals surface area contributed by atoms with E-state index in [-0.39, 0.29) is 40.9 Å². The third kappa shape index (κ3) is 5.91. The van der Waals surface area contributed by atoms with Gasteiger partial charge in [0, 0.05) is 62.0 Å². The van der Waals surface area contributed by atoms with E-state index in [2.05, 4.69) is 10.3 Å². The molecule has 0 atom stereocenters. The summed E-state index contributed by atoms with van der Waals surface area (Å²) in [6, 6.07) is 9.16. The van der Waals surface area contributed by atoms with E-state index in [9.17, 15) is 23.2 Å². The minimum absolute atomic E-state index is 0.0463. The molecule has 0 aliphatic carbocycles. The fraction of sp³-hybridized carbons (Fsp3) is 0.367. The molecule has 3 heterocycles. The van der Waals surface area contributed by atoms with Gasteiger partial charge in [-0.25, -0.2) is 9.37 Å². The van der Waals surface area contributed by atoms with Crippen LogP contribution >= 0.6 is 0 Å². The molecule has 0 spiro atoms. The van der Waals surface area contributed by atoms with Gasteiger partial charge >= 0.3 is 0 Å². The summed E-state index contributed by atoms with van der Waals surface area (Å²) in [6.45, 7) is 3.48. The van der Waals surface area contributed by atoms with Gasteiger partial charge in [-0.1, -0.05) is 0 Å². The van der Waals surface area contributed by atoms with Gasteiger partial charge in [-0.2, -0.15) is 9.65 Å². The molecule has 43 heavy (non-hydrogen) atoms. The number of halogens is 2. The van der Waals surface area contributed by atoms with Crippen LogP contribution in [-0.2, 0) is 11.8 Å². The normalized spacial score (nSPS) is 15.5. The number of piperidine rings is 1. The number of carbonyl (C=O) groups excluding carboxylic acids is 3. The SMILES string of the molecule is Cc1cc(NC(=O)c2ncc(-c3ccc(OCC#N)c(F)c3F)n2C)ccc1C(=O)N1CCC(C(=O)N2CC(N)C2)CC1. The fourth-order valence-electron chi connectivity index (χ4n) is 5.44. The molecule has 5 rings (SSSR count). The maximum atomic E-state index is 14.8. The summed E-state index contributed by atoms with van der Waals surface area (Å²) in [5.74, 6) is -3.60. The maximum absolute atomic E-state index is 14.8.